The van der Waals surface area contributed by atoms with Gasteiger partial charge < -0.3 is 5.73 Å². The van der Waals surface area contributed by atoms with Crippen molar-refractivity contribution in [3.63, 3.8) is 0 Å². The first-order chi connectivity index (χ1) is 9.04. The van der Waals surface area contributed by atoms with Gasteiger partial charge in [0.05, 0.1) is 0 Å². The third-order valence-electron chi connectivity index (χ3n) is 4.51. The summed E-state index contributed by atoms with van der Waals surface area (Å²) in [5.41, 5.74) is 6.81. The van der Waals surface area contributed by atoms with E-state index in [4.69, 9.17) is 17.3 Å². The van der Waals surface area contributed by atoms with E-state index in [1.54, 1.807) is 12.1 Å². The summed E-state index contributed by atoms with van der Waals surface area (Å²) in [5.74, 6) is 0.551. The predicted molar refractivity (Wildman–Crippen MR) is 78.9 cm³/mol. The van der Waals surface area contributed by atoms with Crippen LogP contribution in [0, 0.1) is 11.7 Å². The summed E-state index contributed by atoms with van der Waals surface area (Å²) in [4.78, 5) is 0. The molecule has 106 valence electrons. The fourth-order valence-corrected chi connectivity index (χ4v) is 3.37. The summed E-state index contributed by atoms with van der Waals surface area (Å²) in [6.45, 7) is 2.24. The average molecular weight is 284 g/mol. The molecule has 19 heavy (non-hydrogen) atoms. The molecule has 0 spiro atoms. The first-order valence-electron chi connectivity index (χ1n) is 7.26. The van der Waals surface area contributed by atoms with E-state index >= 15 is 0 Å². The predicted octanol–water partition coefficient (Wildman–Crippen LogP) is 4.71. The van der Waals surface area contributed by atoms with E-state index in [0.717, 1.165) is 31.6 Å². The molecule has 3 heteroatoms. The smallest absolute Gasteiger partial charge is 0.127 e. The van der Waals surface area contributed by atoms with Gasteiger partial charge in [0, 0.05) is 16.1 Å². The van der Waals surface area contributed by atoms with Crippen LogP contribution in [0.15, 0.2) is 18.2 Å². The number of hydrogen-bond donors (Lipinski definition) is 1. The Kier molecular flexibility index (Phi) is 4.86. The van der Waals surface area contributed by atoms with Crippen LogP contribution in [0.25, 0.3) is 0 Å². The van der Waals surface area contributed by atoms with Crippen molar-refractivity contribution in [1.29, 1.82) is 0 Å². The maximum absolute atomic E-state index is 13.9. The number of nitrogens with two attached hydrogens (primary N) is 1. The highest BCUT2D eigenvalue weighted by Crippen LogP contribution is 2.34. The number of rotatable bonds is 3. The Hall–Kier alpha value is -0.600. The van der Waals surface area contributed by atoms with Crippen molar-refractivity contribution in [3.05, 3.63) is 34.6 Å². The molecule has 0 radical (unpaired) electrons. The van der Waals surface area contributed by atoms with E-state index in [1.807, 2.05) is 0 Å². The van der Waals surface area contributed by atoms with Gasteiger partial charge in [-0.2, -0.15) is 0 Å². The van der Waals surface area contributed by atoms with Crippen molar-refractivity contribution >= 4 is 11.6 Å². The average Bonchev–Trinajstić information content (AvgIpc) is 2.56. The van der Waals surface area contributed by atoms with Crippen molar-refractivity contribution < 1.29 is 4.39 Å². The molecule has 2 N–H and O–H groups in total. The molecule has 1 saturated carbocycles. The molecule has 2 rings (SSSR count). The monoisotopic (exact) mass is 283 g/mol. The summed E-state index contributed by atoms with van der Waals surface area (Å²) in [6.07, 6.45) is 7.25. The molecule has 1 nitrogen and oxygen atoms in total. The lowest BCUT2D eigenvalue weighted by atomic mass is 9.84. The second-order valence-electron chi connectivity index (χ2n) is 5.94. The van der Waals surface area contributed by atoms with Gasteiger partial charge in [0.2, 0.25) is 0 Å². The van der Waals surface area contributed by atoms with Crippen LogP contribution in [-0.2, 0) is 6.42 Å². The quantitative estimate of drug-likeness (QED) is 0.799. The zero-order valence-electron chi connectivity index (χ0n) is 11.6. The lowest BCUT2D eigenvalue weighted by molar-refractivity contribution is 0.354. The summed E-state index contributed by atoms with van der Waals surface area (Å²) in [6, 6.07) is 4.86. The molecule has 1 fully saturated rings. The van der Waals surface area contributed by atoms with Gasteiger partial charge in [-0.05, 0) is 43.7 Å². The van der Waals surface area contributed by atoms with Crippen LogP contribution in [0.2, 0.25) is 5.02 Å². The minimum Gasteiger partial charge on any atom is -0.325 e. The number of benzene rings is 1. The van der Waals surface area contributed by atoms with Crippen LogP contribution >= 0.6 is 11.6 Å². The van der Waals surface area contributed by atoms with E-state index in [1.165, 1.54) is 18.9 Å². The van der Waals surface area contributed by atoms with Crippen molar-refractivity contribution in [1.82, 2.24) is 0 Å². The van der Waals surface area contributed by atoms with Gasteiger partial charge in [0.1, 0.15) is 5.82 Å². The summed E-state index contributed by atoms with van der Waals surface area (Å²) in [7, 11) is 0. The highest BCUT2D eigenvalue weighted by Gasteiger charge is 2.30. The molecule has 2 unspecified atom stereocenters. The summed E-state index contributed by atoms with van der Waals surface area (Å²) in [5, 5.41) is 0.501. The molecule has 1 aliphatic rings. The van der Waals surface area contributed by atoms with E-state index in [2.05, 4.69) is 6.92 Å². The number of hydrogen-bond acceptors (Lipinski definition) is 1. The van der Waals surface area contributed by atoms with Gasteiger partial charge in [-0.3, -0.25) is 0 Å². The molecule has 0 aromatic heterocycles. The van der Waals surface area contributed by atoms with Crippen molar-refractivity contribution in [2.24, 2.45) is 11.7 Å². The Bertz CT molecular complexity index is 415. The van der Waals surface area contributed by atoms with Crippen molar-refractivity contribution in [3.8, 4) is 0 Å². The maximum atomic E-state index is 13.9. The third kappa shape index (κ3) is 3.70. The Morgan fingerprint density at radius 2 is 2.16 bits per heavy atom. The van der Waals surface area contributed by atoms with Crippen LogP contribution in [0.4, 0.5) is 4.39 Å². The molecule has 1 aromatic rings. The third-order valence-corrected chi connectivity index (χ3v) is 4.86. The minimum atomic E-state index is -0.296. The van der Waals surface area contributed by atoms with Crippen LogP contribution in [0.3, 0.4) is 0 Å². The second-order valence-corrected chi connectivity index (χ2v) is 6.35. The topological polar surface area (TPSA) is 26.0 Å². The molecule has 0 aliphatic heterocycles. The van der Waals surface area contributed by atoms with Crippen LogP contribution in [0.5, 0.6) is 0 Å². The normalized spacial score (nSPS) is 28.1. The number of halogens is 2. The Morgan fingerprint density at radius 1 is 1.37 bits per heavy atom. The molecule has 1 aromatic carbocycles. The summed E-state index contributed by atoms with van der Waals surface area (Å²) >= 11 is 6.11. The fourth-order valence-electron chi connectivity index (χ4n) is 3.14. The summed E-state index contributed by atoms with van der Waals surface area (Å²) < 4.78 is 13.9. The molecule has 2 atom stereocenters. The fraction of sp³-hybridized carbons (Fsp3) is 0.625. The highest BCUT2D eigenvalue weighted by atomic mass is 35.5. The minimum absolute atomic E-state index is 0.228. The highest BCUT2D eigenvalue weighted by molar-refractivity contribution is 6.31. The Morgan fingerprint density at radius 3 is 2.84 bits per heavy atom. The molecule has 0 saturated heterocycles. The molecule has 1 aliphatic carbocycles. The zero-order valence-corrected chi connectivity index (χ0v) is 12.3. The van der Waals surface area contributed by atoms with Gasteiger partial charge in [0.25, 0.3) is 0 Å². The molecule has 0 bridgehead atoms. The molecular formula is C16H23ClFN. The van der Waals surface area contributed by atoms with Gasteiger partial charge in [0.15, 0.2) is 0 Å². The van der Waals surface area contributed by atoms with Gasteiger partial charge >= 0.3 is 0 Å². The molecular weight excluding hydrogens is 261 g/mol. The van der Waals surface area contributed by atoms with E-state index in [0.29, 0.717) is 17.0 Å². The van der Waals surface area contributed by atoms with E-state index < -0.39 is 0 Å². The van der Waals surface area contributed by atoms with E-state index in [-0.39, 0.29) is 11.4 Å². The molecule has 0 amide bonds. The Balaban J connectivity index is 2.12. The largest absolute Gasteiger partial charge is 0.325 e. The lowest BCUT2D eigenvalue weighted by Crippen LogP contribution is -2.41. The van der Waals surface area contributed by atoms with Crippen LogP contribution in [0.1, 0.15) is 51.0 Å². The second kappa shape index (κ2) is 6.23. The van der Waals surface area contributed by atoms with Gasteiger partial charge in [-0.15, -0.1) is 0 Å². The standard InChI is InChI=1S/C16H23ClFN/c1-2-12-5-4-9-16(19,10-8-12)11-13-14(17)6-3-7-15(13)18/h3,6-7,12H,2,4-5,8-11,19H2,1H3. The maximum Gasteiger partial charge on any atom is 0.127 e. The van der Waals surface area contributed by atoms with E-state index in [9.17, 15) is 4.39 Å². The Labute approximate surface area is 120 Å². The van der Waals surface area contributed by atoms with Crippen molar-refractivity contribution in [2.45, 2.75) is 57.4 Å². The van der Waals surface area contributed by atoms with Gasteiger partial charge in [-0.25, -0.2) is 4.39 Å². The zero-order chi connectivity index (χ0) is 13.9. The lowest BCUT2D eigenvalue weighted by Gasteiger charge is -2.29. The van der Waals surface area contributed by atoms with Gasteiger partial charge in [-0.1, -0.05) is 43.9 Å². The van der Waals surface area contributed by atoms with Crippen molar-refractivity contribution in [2.75, 3.05) is 0 Å². The SMILES string of the molecule is CCC1CCCC(N)(Cc2c(F)cccc2Cl)CC1. The first-order valence-corrected chi connectivity index (χ1v) is 7.63. The first kappa shape index (κ1) is 14.8. The van der Waals surface area contributed by atoms with Crippen LogP contribution < -0.4 is 5.73 Å². The van der Waals surface area contributed by atoms with Crippen LogP contribution in [-0.4, -0.2) is 5.54 Å². The molecule has 0 heterocycles.